The molecule has 0 spiro atoms. The summed E-state index contributed by atoms with van der Waals surface area (Å²) < 4.78 is 11.8. The molecular weight excluding hydrogens is 480 g/mol. The van der Waals surface area contributed by atoms with Crippen molar-refractivity contribution in [1.29, 1.82) is 0 Å². The van der Waals surface area contributed by atoms with E-state index < -0.39 is 0 Å². The minimum atomic E-state index is 0.761. The average molecular weight is 519 g/mol. The molecule has 0 saturated heterocycles. The topological polar surface area (TPSA) is 43.2 Å². The van der Waals surface area contributed by atoms with Gasteiger partial charge in [0, 0.05) is 12.4 Å². The maximum Gasteiger partial charge on any atom is 0.119 e. The molecule has 0 heterocycles. The van der Waals surface area contributed by atoms with Gasteiger partial charge in [0.25, 0.3) is 0 Å². The van der Waals surface area contributed by atoms with E-state index in [9.17, 15) is 0 Å². The lowest BCUT2D eigenvalue weighted by molar-refractivity contribution is 0.300. The van der Waals surface area contributed by atoms with Crippen molar-refractivity contribution in [1.82, 2.24) is 0 Å². The molecule has 0 aromatic heterocycles. The van der Waals surface area contributed by atoms with E-state index in [1.165, 1.54) is 32.1 Å². The van der Waals surface area contributed by atoms with E-state index in [0.717, 1.165) is 60.1 Å². The van der Waals surface area contributed by atoms with Crippen LogP contribution in [0.15, 0.2) is 119 Å². The highest BCUT2D eigenvalue weighted by Gasteiger charge is 1.98. The van der Waals surface area contributed by atoms with E-state index in [-0.39, 0.29) is 0 Å². The fraction of sp³-hybridized carbons (Fsp3) is 0.257. The van der Waals surface area contributed by atoms with Crippen LogP contribution in [-0.4, -0.2) is 25.6 Å². The van der Waals surface area contributed by atoms with Crippen LogP contribution in [0.4, 0.5) is 11.4 Å². The van der Waals surface area contributed by atoms with E-state index >= 15 is 0 Å². The summed E-state index contributed by atoms with van der Waals surface area (Å²) in [6, 6.07) is 36.2. The predicted molar refractivity (Wildman–Crippen MR) is 164 cm³/mol. The van der Waals surface area contributed by atoms with E-state index in [1.807, 2.05) is 122 Å². The quantitative estimate of drug-likeness (QED) is 0.109. The number of rotatable bonds is 16. The molecule has 0 N–H and O–H groups in total. The molecule has 4 rings (SSSR count). The molecule has 0 aliphatic carbocycles. The van der Waals surface area contributed by atoms with Gasteiger partial charge in [-0.15, -0.1) is 0 Å². The predicted octanol–water partition coefficient (Wildman–Crippen LogP) is 9.38. The van der Waals surface area contributed by atoms with Gasteiger partial charge in [-0.05, 0) is 72.5 Å². The molecule has 0 bridgehead atoms. The third-order valence-corrected chi connectivity index (χ3v) is 6.32. The van der Waals surface area contributed by atoms with E-state index in [1.54, 1.807) is 0 Å². The van der Waals surface area contributed by atoms with Gasteiger partial charge in [0.05, 0.1) is 24.6 Å². The fourth-order valence-corrected chi connectivity index (χ4v) is 4.10. The van der Waals surface area contributed by atoms with Gasteiger partial charge in [-0.1, -0.05) is 92.8 Å². The van der Waals surface area contributed by atoms with Gasteiger partial charge < -0.3 is 9.47 Å². The summed E-state index contributed by atoms with van der Waals surface area (Å²) in [6.07, 6.45) is 12.1. The van der Waals surface area contributed by atoms with Gasteiger partial charge in [-0.25, -0.2) is 0 Å². The molecule has 0 fully saturated rings. The van der Waals surface area contributed by atoms with Crippen molar-refractivity contribution in [2.75, 3.05) is 13.2 Å². The van der Waals surface area contributed by atoms with Crippen LogP contribution >= 0.6 is 0 Å². The van der Waals surface area contributed by atoms with Crippen molar-refractivity contribution in [2.45, 2.75) is 44.9 Å². The minimum absolute atomic E-state index is 0.761. The van der Waals surface area contributed by atoms with Crippen molar-refractivity contribution >= 4 is 23.8 Å². The molecule has 4 nitrogen and oxygen atoms in total. The molecule has 0 aliphatic heterocycles. The summed E-state index contributed by atoms with van der Waals surface area (Å²) in [5.74, 6) is 1.81. The van der Waals surface area contributed by atoms with Gasteiger partial charge >= 0.3 is 0 Å². The number of nitrogens with zero attached hydrogens (tertiary/aromatic N) is 2. The van der Waals surface area contributed by atoms with Crippen LogP contribution in [0, 0.1) is 0 Å². The average Bonchev–Trinajstić information content (AvgIpc) is 3.00. The first-order chi connectivity index (χ1) is 19.3. The fourth-order valence-electron chi connectivity index (χ4n) is 4.10. The molecule has 4 aromatic rings. The van der Waals surface area contributed by atoms with Gasteiger partial charge in [0.2, 0.25) is 0 Å². The second-order valence-electron chi connectivity index (χ2n) is 9.50. The van der Waals surface area contributed by atoms with Crippen molar-refractivity contribution < 1.29 is 9.47 Å². The van der Waals surface area contributed by atoms with Gasteiger partial charge in [-0.3, -0.25) is 9.98 Å². The number of benzene rings is 4. The first-order valence-electron chi connectivity index (χ1n) is 14.0. The Morgan fingerprint density at radius 3 is 1.15 bits per heavy atom. The first kappa shape index (κ1) is 27.8. The molecule has 0 radical (unpaired) electrons. The molecule has 4 aromatic carbocycles. The van der Waals surface area contributed by atoms with Crippen molar-refractivity contribution in [3.05, 3.63) is 120 Å². The first-order valence-corrected chi connectivity index (χ1v) is 14.0. The third kappa shape index (κ3) is 11.0. The smallest absolute Gasteiger partial charge is 0.119 e. The Labute approximate surface area is 233 Å². The van der Waals surface area contributed by atoms with Crippen molar-refractivity contribution in [2.24, 2.45) is 9.98 Å². The second kappa shape index (κ2) is 16.6. The van der Waals surface area contributed by atoms with Gasteiger partial charge in [-0.2, -0.15) is 0 Å². The van der Waals surface area contributed by atoms with E-state index in [2.05, 4.69) is 9.98 Å². The zero-order valence-corrected chi connectivity index (χ0v) is 22.6. The second-order valence-corrected chi connectivity index (χ2v) is 9.50. The van der Waals surface area contributed by atoms with Crippen LogP contribution in [0.25, 0.3) is 0 Å². The highest BCUT2D eigenvalue weighted by molar-refractivity contribution is 5.82. The van der Waals surface area contributed by atoms with Gasteiger partial charge in [0.15, 0.2) is 0 Å². The van der Waals surface area contributed by atoms with Gasteiger partial charge in [0.1, 0.15) is 11.5 Å². The van der Waals surface area contributed by atoms with Crippen molar-refractivity contribution in [3.63, 3.8) is 0 Å². The Morgan fingerprint density at radius 1 is 0.410 bits per heavy atom. The maximum absolute atomic E-state index is 5.89. The third-order valence-electron chi connectivity index (χ3n) is 6.32. The Balaban J connectivity index is 0.982. The lowest BCUT2D eigenvalue weighted by atomic mass is 10.1. The standard InChI is InChI=1S/C35H38N2O2/c1(2-4-12-26-38-34-22-18-32(19-23-34)36-28-30-14-8-6-9-15-30)3-5-13-27-39-35-24-20-33(21-25-35)37-29-31-16-10-7-11-17-31/h6-11,14-25,28-29H,1-5,12-13,26-27H2. The number of unbranched alkanes of at least 4 members (excludes halogenated alkanes) is 6. The molecule has 0 unspecified atom stereocenters. The summed E-state index contributed by atoms with van der Waals surface area (Å²) in [5.41, 5.74) is 4.05. The molecule has 0 aliphatic rings. The minimum Gasteiger partial charge on any atom is -0.494 e. The molecule has 4 heteroatoms. The Kier molecular flexibility index (Phi) is 11.9. The lowest BCUT2D eigenvalue weighted by Crippen LogP contribution is -1.98. The number of ether oxygens (including phenoxy) is 2. The number of aliphatic imine (C=N–C) groups is 2. The number of hydrogen-bond acceptors (Lipinski definition) is 4. The molecule has 200 valence electrons. The normalized spacial score (nSPS) is 11.3. The SMILES string of the molecule is C(=Nc1ccc(OCCCCCCCCCOc2ccc(N=Cc3ccccc3)cc2)cc1)c1ccccc1. The van der Waals surface area contributed by atoms with Crippen LogP contribution in [0.1, 0.15) is 56.1 Å². The maximum atomic E-state index is 5.89. The van der Waals surface area contributed by atoms with E-state index in [0.29, 0.717) is 0 Å². The Bertz CT molecular complexity index is 1150. The molecule has 0 saturated carbocycles. The largest absolute Gasteiger partial charge is 0.494 e. The van der Waals surface area contributed by atoms with E-state index in [4.69, 9.17) is 9.47 Å². The van der Waals surface area contributed by atoms with Crippen molar-refractivity contribution in [3.8, 4) is 11.5 Å². The molecule has 0 amide bonds. The summed E-state index contributed by atoms with van der Waals surface area (Å²) in [7, 11) is 0. The molecule has 39 heavy (non-hydrogen) atoms. The lowest BCUT2D eigenvalue weighted by Gasteiger charge is -2.07. The summed E-state index contributed by atoms with van der Waals surface area (Å²) in [4.78, 5) is 9.03. The van der Waals surface area contributed by atoms with Crippen LogP contribution < -0.4 is 9.47 Å². The highest BCUT2D eigenvalue weighted by Crippen LogP contribution is 2.20. The summed E-state index contributed by atoms with van der Waals surface area (Å²) in [5, 5.41) is 0. The van der Waals surface area contributed by atoms with Crippen LogP contribution in [0.2, 0.25) is 0 Å². The number of hydrogen-bond donors (Lipinski definition) is 0. The molecular formula is C35H38N2O2. The Morgan fingerprint density at radius 2 is 0.769 bits per heavy atom. The monoisotopic (exact) mass is 518 g/mol. The Hall–Kier alpha value is -4.18. The van der Waals surface area contributed by atoms with Crippen LogP contribution in [0.5, 0.6) is 11.5 Å². The van der Waals surface area contributed by atoms with Crippen LogP contribution in [-0.2, 0) is 0 Å². The molecule has 0 atom stereocenters. The zero-order valence-electron chi connectivity index (χ0n) is 22.6. The summed E-state index contributed by atoms with van der Waals surface area (Å²) in [6.45, 7) is 1.52. The zero-order chi connectivity index (χ0) is 26.8. The van der Waals surface area contributed by atoms with Crippen LogP contribution in [0.3, 0.4) is 0 Å². The highest BCUT2D eigenvalue weighted by atomic mass is 16.5. The summed E-state index contributed by atoms with van der Waals surface area (Å²) >= 11 is 0.